The molecule has 2 rings (SSSR count). The molecule has 0 aliphatic rings. The van der Waals surface area contributed by atoms with Crippen LogP contribution in [-0.2, 0) is 13.7 Å². The van der Waals surface area contributed by atoms with E-state index in [1.165, 1.54) is 18.2 Å². The highest BCUT2D eigenvalue weighted by molar-refractivity contribution is 5.35. The molecule has 0 aliphatic heterocycles. The summed E-state index contributed by atoms with van der Waals surface area (Å²) in [6, 6.07) is 4.10. The van der Waals surface area contributed by atoms with Gasteiger partial charge >= 0.3 is 0 Å². The molecule has 0 spiro atoms. The molecule has 18 heavy (non-hydrogen) atoms. The molecular formula is C13H15FN2O2. The molecule has 0 amide bonds. The minimum Gasteiger partial charge on any atom is -0.485 e. The zero-order valence-electron chi connectivity index (χ0n) is 10.3. The maximum absolute atomic E-state index is 13.1. The highest BCUT2D eigenvalue weighted by Gasteiger charge is 2.11. The Hall–Kier alpha value is -1.88. The molecule has 0 fully saturated rings. The minimum absolute atomic E-state index is 0.273. The van der Waals surface area contributed by atoms with Crippen molar-refractivity contribution < 1.29 is 14.2 Å². The summed E-state index contributed by atoms with van der Waals surface area (Å²) in [6.07, 6.45) is 2.72. The van der Waals surface area contributed by atoms with Gasteiger partial charge in [-0.05, 0) is 25.1 Å². The second-order valence-corrected chi connectivity index (χ2v) is 4.10. The van der Waals surface area contributed by atoms with Gasteiger partial charge in [-0.2, -0.15) is 0 Å². The van der Waals surface area contributed by atoms with Crippen molar-refractivity contribution in [1.29, 1.82) is 0 Å². The summed E-state index contributed by atoms with van der Waals surface area (Å²) >= 11 is 0. The minimum atomic E-state index is -0.780. The van der Waals surface area contributed by atoms with Crippen molar-refractivity contribution in [1.82, 2.24) is 9.55 Å². The highest BCUT2D eigenvalue weighted by Crippen LogP contribution is 2.26. The Kier molecular flexibility index (Phi) is 3.62. The quantitative estimate of drug-likeness (QED) is 0.904. The molecule has 5 heteroatoms. The van der Waals surface area contributed by atoms with Gasteiger partial charge in [-0.1, -0.05) is 0 Å². The first-order valence-electron chi connectivity index (χ1n) is 5.64. The third-order valence-corrected chi connectivity index (χ3v) is 2.70. The fraction of sp³-hybridized carbons (Fsp3) is 0.308. The lowest BCUT2D eigenvalue weighted by Crippen LogP contribution is -2.05. The van der Waals surface area contributed by atoms with Crippen LogP contribution in [0.25, 0.3) is 0 Å². The van der Waals surface area contributed by atoms with E-state index in [1.54, 1.807) is 13.1 Å². The first kappa shape index (κ1) is 12.6. The third kappa shape index (κ3) is 2.68. The van der Waals surface area contributed by atoms with Crippen LogP contribution in [0.1, 0.15) is 24.4 Å². The number of hydrogen-bond acceptors (Lipinski definition) is 3. The molecule has 1 heterocycles. The van der Waals surface area contributed by atoms with Gasteiger partial charge in [0.1, 0.15) is 24.0 Å². The maximum Gasteiger partial charge on any atom is 0.146 e. The largest absolute Gasteiger partial charge is 0.485 e. The van der Waals surface area contributed by atoms with E-state index in [1.807, 2.05) is 17.8 Å². The normalized spacial score (nSPS) is 12.4. The van der Waals surface area contributed by atoms with Gasteiger partial charge in [-0.3, -0.25) is 0 Å². The van der Waals surface area contributed by atoms with Gasteiger partial charge in [-0.25, -0.2) is 9.37 Å². The van der Waals surface area contributed by atoms with E-state index in [0.29, 0.717) is 11.3 Å². The summed E-state index contributed by atoms with van der Waals surface area (Å²) < 4.78 is 20.5. The Morgan fingerprint density at radius 1 is 1.50 bits per heavy atom. The summed E-state index contributed by atoms with van der Waals surface area (Å²) in [5.74, 6) is 0.834. The molecular weight excluding hydrogens is 235 g/mol. The average molecular weight is 250 g/mol. The zero-order chi connectivity index (χ0) is 13.1. The molecule has 1 N–H and O–H groups in total. The number of hydrogen-bond donors (Lipinski definition) is 1. The van der Waals surface area contributed by atoms with Gasteiger partial charge in [0, 0.05) is 25.0 Å². The summed E-state index contributed by atoms with van der Waals surface area (Å²) in [5, 5.41) is 9.57. The van der Waals surface area contributed by atoms with Gasteiger partial charge in [0.25, 0.3) is 0 Å². The first-order chi connectivity index (χ1) is 8.58. The Balaban J connectivity index is 2.16. The summed E-state index contributed by atoms with van der Waals surface area (Å²) in [4.78, 5) is 4.12. The number of imidazole rings is 1. The van der Waals surface area contributed by atoms with Crippen molar-refractivity contribution in [2.24, 2.45) is 7.05 Å². The van der Waals surface area contributed by atoms with Crippen molar-refractivity contribution in [2.75, 3.05) is 0 Å². The standard InChI is InChI=1S/C13H15FN2O2/c1-9(17)11-7-10(14)3-4-12(11)18-8-13-15-5-6-16(13)2/h3-7,9,17H,8H2,1-2H3/t9-/m1/s1. The van der Waals surface area contributed by atoms with Crippen LogP contribution in [-0.4, -0.2) is 14.7 Å². The number of aliphatic hydroxyl groups is 1. The molecule has 0 saturated carbocycles. The SMILES string of the molecule is C[C@@H](O)c1cc(F)ccc1OCc1nccn1C. The number of halogens is 1. The molecule has 0 radical (unpaired) electrons. The first-order valence-corrected chi connectivity index (χ1v) is 5.64. The summed E-state index contributed by atoms with van der Waals surface area (Å²) in [5.41, 5.74) is 0.434. The maximum atomic E-state index is 13.1. The number of aryl methyl sites for hydroxylation is 1. The number of benzene rings is 1. The van der Waals surface area contributed by atoms with E-state index < -0.39 is 11.9 Å². The van der Waals surface area contributed by atoms with Crippen LogP contribution in [0, 0.1) is 5.82 Å². The van der Waals surface area contributed by atoms with E-state index >= 15 is 0 Å². The Labute approximate surface area is 105 Å². The van der Waals surface area contributed by atoms with E-state index in [-0.39, 0.29) is 6.61 Å². The lowest BCUT2D eigenvalue weighted by atomic mass is 10.1. The van der Waals surface area contributed by atoms with Gasteiger partial charge in [0.2, 0.25) is 0 Å². The van der Waals surface area contributed by atoms with Crippen LogP contribution >= 0.6 is 0 Å². The lowest BCUT2D eigenvalue weighted by molar-refractivity contribution is 0.188. The molecule has 0 saturated heterocycles. The smallest absolute Gasteiger partial charge is 0.146 e. The summed E-state index contributed by atoms with van der Waals surface area (Å²) in [7, 11) is 1.87. The predicted octanol–water partition coefficient (Wildman–Crippen LogP) is 2.19. The fourth-order valence-corrected chi connectivity index (χ4v) is 1.66. The lowest BCUT2D eigenvalue weighted by Gasteiger charge is -2.13. The van der Waals surface area contributed by atoms with E-state index in [0.717, 1.165) is 5.82 Å². The Morgan fingerprint density at radius 2 is 2.28 bits per heavy atom. The van der Waals surface area contributed by atoms with Crippen LogP contribution in [0.15, 0.2) is 30.6 Å². The molecule has 0 aliphatic carbocycles. The van der Waals surface area contributed by atoms with Gasteiger partial charge < -0.3 is 14.4 Å². The zero-order valence-corrected chi connectivity index (χ0v) is 10.3. The molecule has 1 aromatic heterocycles. The van der Waals surface area contributed by atoms with Crippen molar-refractivity contribution in [3.63, 3.8) is 0 Å². The number of ether oxygens (including phenoxy) is 1. The van der Waals surface area contributed by atoms with Crippen LogP contribution in [0.4, 0.5) is 4.39 Å². The van der Waals surface area contributed by atoms with Crippen LogP contribution in [0.5, 0.6) is 5.75 Å². The van der Waals surface area contributed by atoms with Crippen molar-refractivity contribution in [3.8, 4) is 5.75 Å². The average Bonchev–Trinajstić information content (AvgIpc) is 2.73. The number of aromatic nitrogens is 2. The van der Waals surface area contributed by atoms with Crippen LogP contribution in [0.3, 0.4) is 0 Å². The Bertz CT molecular complexity index is 538. The van der Waals surface area contributed by atoms with Gasteiger partial charge in [0.05, 0.1) is 6.10 Å². The van der Waals surface area contributed by atoms with E-state index in [4.69, 9.17) is 4.74 Å². The molecule has 1 atom stereocenters. The Morgan fingerprint density at radius 3 is 2.89 bits per heavy atom. The van der Waals surface area contributed by atoms with Gasteiger partial charge in [-0.15, -0.1) is 0 Å². The second kappa shape index (κ2) is 5.18. The second-order valence-electron chi connectivity index (χ2n) is 4.10. The highest BCUT2D eigenvalue weighted by atomic mass is 19.1. The van der Waals surface area contributed by atoms with E-state index in [9.17, 15) is 9.50 Å². The van der Waals surface area contributed by atoms with Crippen LogP contribution < -0.4 is 4.74 Å². The third-order valence-electron chi connectivity index (χ3n) is 2.70. The number of nitrogens with zero attached hydrogens (tertiary/aromatic N) is 2. The number of aliphatic hydroxyl groups excluding tert-OH is 1. The van der Waals surface area contributed by atoms with E-state index in [2.05, 4.69) is 4.98 Å². The monoisotopic (exact) mass is 250 g/mol. The van der Waals surface area contributed by atoms with Gasteiger partial charge in [0.15, 0.2) is 0 Å². The molecule has 4 nitrogen and oxygen atoms in total. The van der Waals surface area contributed by atoms with Crippen molar-refractivity contribution in [3.05, 3.63) is 47.8 Å². The molecule has 96 valence electrons. The molecule has 0 bridgehead atoms. The molecule has 1 aromatic carbocycles. The fourth-order valence-electron chi connectivity index (χ4n) is 1.66. The molecule has 0 unspecified atom stereocenters. The predicted molar refractivity (Wildman–Crippen MR) is 64.6 cm³/mol. The topological polar surface area (TPSA) is 47.3 Å². The van der Waals surface area contributed by atoms with Crippen molar-refractivity contribution >= 4 is 0 Å². The van der Waals surface area contributed by atoms with Crippen LogP contribution in [0.2, 0.25) is 0 Å². The molecule has 2 aromatic rings. The summed E-state index contributed by atoms with van der Waals surface area (Å²) in [6.45, 7) is 1.84. The number of rotatable bonds is 4. The van der Waals surface area contributed by atoms with Crippen molar-refractivity contribution in [2.45, 2.75) is 19.6 Å².